The van der Waals surface area contributed by atoms with Crippen molar-refractivity contribution in [3.8, 4) is 0 Å². The summed E-state index contributed by atoms with van der Waals surface area (Å²) in [6.07, 6.45) is 17.1. The molecule has 4 fully saturated rings. The van der Waals surface area contributed by atoms with Crippen LogP contribution in [0.3, 0.4) is 0 Å². The van der Waals surface area contributed by atoms with E-state index in [2.05, 4.69) is 30.9 Å². The molecule has 0 aromatic rings. The molecule has 0 bridgehead atoms. The van der Waals surface area contributed by atoms with Crippen LogP contribution in [0.2, 0.25) is 13.3 Å². The molecule has 4 rings (SSSR count). The van der Waals surface area contributed by atoms with Crippen molar-refractivity contribution in [1.29, 1.82) is 0 Å². The van der Waals surface area contributed by atoms with E-state index in [0.29, 0.717) is 8.61 Å². The molecule has 0 spiro atoms. The topological polar surface area (TPSA) is 74.8 Å². The van der Waals surface area contributed by atoms with Gasteiger partial charge in [0, 0.05) is 0 Å². The van der Waals surface area contributed by atoms with Gasteiger partial charge in [0.1, 0.15) is 0 Å². The van der Waals surface area contributed by atoms with Gasteiger partial charge in [0.25, 0.3) is 0 Å². The summed E-state index contributed by atoms with van der Waals surface area (Å²) in [6, 6.07) is -2.02. The molecular formula is C39H65F6IN2O4S2Sn. The summed E-state index contributed by atoms with van der Waals surface area (Å²) in [4.78, 5) is 0. The molecule has 0 aromatic carbocycles. The van der Waals surface area contributed by atoms with Crippen LogP contribution in [0.1, 0.15) is 130 Å². The average molecular weight is 1050 g/mol. The predicted octanol–water partition coefficient (Wildman–Crippen LogP) is 12.0. The van der Waals surface area contributed by atoms with Crippen LogP contribution in [0, 0.1) is 35.5 Å². The SMILES string of the molecule is CCC[CH2][Sn](/[CH]=C/[C@H]1[C@@H]2CCCC[C@H]2C[C@H]1N(CCCN([C@H]1C[C@@H]2CCCC[C@H]2[C@@H]1/C=C/I)S(=O)(=O)C(F)(F)F)S(=O)(=O)C(F)(F)F)([CH2]CCC)[CH2]CCC. The van der Waals surface area contributed by atoms with Crippen LogP contribution < -0.4 is 0 Å². The third kappa shape index (κ3) is 11.4. The predicted molar refractivity (Wildman–Crippen MR) is 220 cm³/mol. The fraction of sp³-hybridized carbons (Fsp3) is 0.897. The first-order chi connectivity index (χ1) is 25.9. The Morgan fingerprint density at radius 2 is 1.00 bits per heavy atom. The second-order valence-corrected chi connectivity index (χ2v) is 34.5. The van der Waals surface area contributed by atoms with Crippen LogP contribution in [0.4, 0.5) is 26.3 Å². The summed E-state index contributed by atoms with van der Waals surface area (Å²) in [7, 11) is -11.8. The molecule has 0 aliphatic heterocycles. The molecule has 0 radical (unpaired) electrons. The Morgan fingerprint density at radius 1 is 0.618 bits per heavy atom. The van der Waals surface area contributed by atoms with Crippen molar-refractivity contribution in [3.63, 3.8) is 0 Å². The van der Waals surface area contributed by atoms with Crippen LogP contribution in [-0.4, -0.2) is 80.0 Å². The molecule has 6 nitrogen and oxygen atoms in total. The number of halogens is 7. The molecular weight excluding hydrogens is 984 g/mol. The van der Waals surface area contributed by atoms with E-state index in [-0.39, 0.29) is 36.5 Å². The molecule has 0 saturated heterocycles. The molecule has 0 unspecified atom stereocenters. The van der Waals surface area contributed by atoms with Crippen LogP contribution in [-0.2, 0) is 20.0 Å². The summed E-state index contributed by atoms with van der Waals surface area (Å²) in [6.45, 7) is 5.08. The molecule has 4 aliphatic carbocycles. The quantitative estimate of drug-likeness (QED) is 0.0692. The third-order valence-corrected chi connectivity index (χ3v) is 31.5. The van der Waals surface area contributed by atoms with Gasteiger partial charge >= 0.3 is 296 Å². The van der Waals surface area contributed by atoms with Crippen molar-refractivity contribution in [3.05, 3.63) is 20.3 Å². The van der Waals surface area contributed by atoms with Crippen molar-refractivity contribution >= 4 is 61.0 Å². The van der Waals surface area contributed by atoms with Crippen LogP contribution in [0.5, 0.6) is 0 Å². The number of unbranched alkanes of at least 4 members (excludes halogenated alkanes) is 3. The van der Waals surface area contributed by atoms with E-state index in [9.17, 15) is 43.2 Å². The molecule has 4 saturated carbocycles. The van der Waals surface area contributed by atoms with Gasteiger partial charge in [-0.25, -0.2) is 0 Å². The third-order valence-electron chi connectivity index (χ3n) is 13.7. The first-order valence-corrected chi connectivity index (χ1v) is 32.8. The normalized spacial score (nSPS) is 29.9. The Balaban J connectivity index is 1.73. The first kappa shape index (κ1) is 48.1. The molecule has 55 heavy (non-hydrogen) atoms. The summed E-state index contributed by atoms with van der Waals surface area (Å²) in [5.74, 6) is -0.773. The molecule has 4 aliphatic rings. The summed E-state index contributed by atoms with van der Waals surface area (Å²) in [5.41, 5.74) is -11.2. The second kappa shape index (κ2) is 20.8. The minimum absolute atomic E-state index is 0.0108. The Kier molecular flexibility index (Phi) is 18.2. The van der Waals surface area contributed by atoms with Gasteiger partial charge in [-0.1, -0.05) is 41.9 Å². The Morgan fingerprint density at radius 3 is 1.36 bits per heavy atom. The zero-order valence-electron chi connectivity index (χ0n) is 33.0. The van der Waals surface area contributed by atoms with Gasteiger partial charge in [0.15, 0.2) is 0 Å². The molecule has 8 atom stereocenters. The number of rotatable bonds is 20. The van der Waals surface area contributed by atoms with Gasteiger partial charge in [-0.2, -0.15) is 0 Å². The molecule has 0 heterocycles. The summed E-state index contributed by atoms with van der Waals surface area (Å²) >= 11 is -0.978. The van der Waals surface area contributed by atoms with Crippen molar-refractivity contribution in [1.82, 2.24) is 8.61 Å². The molecule has 16 heteroatoms. The van der Waals surface area contributed by atoms with E-state index in [4.69, 9.17) is 0 Å². The zero-order valence-corrected chi connectivity index (χ0v) is 39.6. The number of hydrogen-bond donors (Lipinski definition) is 0. The number of alkyl halides is 6. The minimum atomic E-state index is -5.90. The van der Waals surface area contributed by atoms with E-state index >= 15 is 0 Å². The fourth-order valence-electron chi connectivity index (χ4n) is 10.9. The number of sulfonamides is 2. The van der Waals surface area contributed by atoms with E-state index in [1.165, 1.54) is 0 Å². The summed E-state index contributed by atoms with van der Waals surface area (Å²) in [5, 5.41) is 0. The van der Waals surface area contributed by atoms with Gasteiger partial charge in [0.05, 0.1) is 0 Å². The maximum atomic E-state index is 14.6. The van der Waals surface area contributed by atoms with Gasteiger partial charge in [0.2, 0.25) is 0 Å². The van der Waals surface area contributed by atoms with E-state index < -0.39 is 92.9 Å². The van der Waals surface area contributed by atoms with E-state index in [0.717, 1.165) is 103 Å². The Bertz CT molecular complexity index is 1470. The zero-order chi connectivity index (χ0) is 40.7. The van der Waals surface area contributed by atoms with E-state index in [1.807, 2.05) is 22.6 Å². The van der Waals surface area contributed by atoms with Crippen molar-refractivity contribution < 1.29 is 43.2 Å². The number of nitrogens with zero attached hydrogens (tertiary/aromatic N) is 2. The molecule has 0 amide bonds. The van der Waals surface area contributed by atoms with Crippen molar-refractivity contribution in [2.24, 2.45) is 35.5 Å². The molecule has 320 valence electrons. The van der Waals surface area contributed by atoms with Crippen LogP contribution in [0.25, 0.3) is 0 Å². The van der Waals surface area contributed by atoms with Gasteiger partial charge in [-0.15, -0.1) is 0 Å². The number of fused-ring (bicyclic) bond motifs is 2. The Hall–Kier alpha value is 0.409. The van der Waals surface area contributed by atoms with Gasteiger partial charge < -0.3 is 0 Å². The standard InChI is InChI=1S/C27H38F6IN2O4S2.3C4H9.Sn/c1-2-20-21-10-5-3-8-18(21)16-24(20)35(41(37,38)26(28,29)30)14-7-15-36(42(39,40)27(31,32)33)25-17-19-9-4-6-11-22(19)23(25)12-13-34;3*1-3-4-2;/h1-2,12-13,18-25H,3-11,14-17H2;3*1,3-4H2,2H3;/b2-1?,13-12+;;;;/t18-,19-,20-,21+,22+,23-,24+,25-;;;;/m0..../s1. The summed E-state index contributed by atoms with van der Waals surface area (Å²) < 4.78 is 149. The first-order valence-electron chi connectivity index (χ1n) is 21.0. The van der Waals surface area contributed by atoms with Gasteiger partial charge in [-0.3, -0.25) is 0 Å². The Labute approximate surface area is 345 Å². The number of hydrogen-bond acceptors (Lipinski definition) is 4. The second-order valence-electron chi connectivity index (χ2n) is 17.0. The fourth-order valence-corrected chi connectivity index (χ4v) is 28.3. The average Bonchev–Trinajstić information content (AvgIpc) is 3.68. The monoisotopic (exact) mass is 1050 g/mol. The van der Waals surface area contributed by atoms with Crippen molar-refractivity contribution in [2.75, 3.05) is 13.1 Å². The van der Waals surface area contributed by atoms with Crippen LogP contribution in [0.15, 0.2) is 20.3 Å². The molecule has 0 aromatic heterocycles. The van der Waals surface area contributed by atoms with Crippen molar-refractivity contribution in [2.45, 2.75) is 166 Å². The maximum absolute atomic E-state index is 14.6. The van der Waals surface area contributed by atoms with E-state index in [1.54, 1.807) is 10.2 Å². The van der Waals surface area contributed by atoms with Crippen LogP contribution >= 0.6 is 22.6 Å². The molecule has 0 N–H and O–H groups in total. The van der Waals surface area contributed by atoms with Gasteiger partial charge in [-0.05, 0) is 10.5 Å².